The topological polar surface area (TPSA) is 53.1 Å². The summed E-state index contributed by atoms with van der Waals surface area (Å²) in [6, 6.07) is 10.3. The van der Waals surface area contributed by atoms with Crippen molar-refractivity contribution in [1.29, 1.82) is 0 Å². The van der Waals surface area contributed by atoms with Gasteiger partial charge in [-0.15, -0.1) is 0 Å². The molecule has 164 valence electrons. The Morgan fingerprint density at radius 3 is 2.17 bits per heavy atom. The largest absolute Gasteiger partial charge is 0.493 e. The molecule has 3 fully saturated rings. The maximum atomic E-state index is 13.0. The highest BCUT2D eigenvalue weighted by molar-refractivity contribution is 5.80. The molecular formula is C24H35N3O3. The van der Waals surface area contributed by atoms with E-state index in [1.165, 1.54) is 25.7 Å². The average molecular weight is 414 g/mol. The van der Waals surface area contributed by atoms with Gasteiger partial charge in [0.25, 0.3) is 0 Å². The minimum atomic E-state index is 0.0765. The Labute approximate surface area is 180 Å². The monoisotopic (exact) mass is 413 g/mol. The maximum Gasteiger partial charge on any atom is 0.225 e. The lowest BCUT2D eigenvalue weighted by atomic mass is 9.94. The van der Waals surface area contributed by atoms with E-state index in [2.05, 4.69) is 9.80 Å². The van der Waals surface area contributed by atoms with E-state index < -0.39 is 0 Å². The number of nitrogens with zero attached hydrogens (tertiary/aromatic N) is 3. The van der Waals surface area contributed by atoms with Crippen LogP contribution in [-0.2, 0) is 9.59 Å². The molecule has 3 aliphatic rings. The summed E-state index contributed by atoms with van der Waals surface area (Å²) in [5.41, 5.74) is 0. The molecule has 2 heterocycles. The van der Waals surface area contributed by atoms with Crippen molar-refractivity contribution < 1.29 is 14.3 Å². The third-order valence-electron chi connectivity index (χ3n) is 6.99. The van der Waals surface area contributed by atoms with Crippen LogP contribution in [0.5, 0.6) is 5.75 Å². The Morgan fingerprint density at radius 2 is 1.50 bits per heavy atom. The number of rotatable bonds is 6. The maximum absolute atomic E-state index is 13.0. The molecule has 0 spiro atoms. The van der Waals surface area contributed by atoms with Gasteiger partial charge >= 0.3 is 0 Å². The van der Waals surface area contributed by atoms with Crippen LogP contribution in [0.3, 0.4) is 0 Å². The summed E-state index contributed by atoms with van der Waals surface area (Å²) in [7, 11) is 0. The number of carbonyl (C=O) groups excluding carboxylic acids is 2. The Hall–Kier alpha value is -2.08. The predicted molar refractivity (Wildman–Crippen MR) is 116 cm³/mol. The first-order valence-electron chi connectivity index (χ1n) is 11.7. The molecule has 6 heteroatoms. The molecule has 0 aromatic heterocycles. The van der Waals surface area contributed by atoms with Crippen molar-refractivity contribution in [2.75, 3.05) is 45.9 Å². The number of piperidine rings is 1. The van der Waals surface area contributed by atoms with Crippen molar-refractivity contribution in [1.82, 2.24) is 14.7 Å². The van der Waals surface area contributed by atoms with E-state index in [9.17, 15) is 9.59 Å². The number of likely N-dealkylation sites (tertiary alicyclic amines) is 1. The number of ether oxygens (including phenoxy) is 1. The van der Waals surface area contributed by atoms with E-state index in [-0.39, 0.29) is 11.8 Å². The fraction of sp³-hybridized carbons (Fsp3) is 0.667. The zero-order chi connectivity index (χ0) is 20.8. The molecule has 0 bridgehead atoms. The Kier molecular flexibility index (Phi) is 7.26. The van der Waals surface area contributed by atoms with E-state index in [1.807, 2.05) is 35.2 Å². The number of piperazine rings is 1. The molecule has 30 heavy (non-hydrogen) atoms. The van der Waals surface area contributed by atoms with E-state index in [0.29, 0.717) is 32.0 Å². The van der Waals surface area contributed by atoms with Gasteiger partial charge < -0.3 is 14.5 Å². The highest BCUT2D eigenvalue weighted by Crippen LogP contribution is 2.26. The molecule has 1 saturated carbocycles. The SMILES string of the molecule is O=C(CCOc1ccccc1)N1CCC(C(=O)N2CCN(C3CCCC3)CC2)CC1. The fourth-order valence-electron chi connectivity index (χ4n) is 5.14. The molecule has 6 nitrogen and oxygen atoms in total. The van der Waals surface area contributed by atoms with Gasteiger partial charge in [0.2, 0.25) is 11.8 Å². The normalized spacial score (nSPS) is 21.7. The summed E-state index contributed by atoms with van der Waals surface area (Å²) in [5, 5.41) is 0. The molecular weight excluding hydrogens is 378 g/mol. The zero-order valence-corrected chi connectivity index (χ0v) is 18.0. The van der Waals surface area contributed by atoms with Crippen LogP contribution in [0.1, 0.15) is 44.9 Å². The lowest BCUT2D eigenvalue weighted by Gasteiger charge is -2.40. The van der Waals surface area contributed by atoms with Crippen molar-refractivity contribution in [3.63, 3.8) is 0 Å². The summed E-state index contributed by atoms with van der Waals surface area (Å²) >= 11 is 0. The smallest absolute Gasteiger partial charge is 0.225 e. The Morgan fingerprint density at radius 1 is 0.833 bits per heavy atom. The van der Waals surface area contributed by atoms with Gasteiger partial charge in [0.05, 0.1) is 13.0 Å². The minimum absolute atomic E-state index is 0.0765. The van der Waals surface area contributed by atoms with Crippen molar-refractivity contribution in [3.05, 3.63) is 30.3 Å². The van der Waals surface area contributed by atoms with Crippen molar-refractivity contribution >= 4 is 11.8 Å². The predicted octanol–water partition coefficient (Wildman–Crippen LogP) is 2.78. The van der Waals surface area contributed by atoms with Crippen LogP contribution in [0.25, 0.3) is 0 Å². The quantitative estimate of drug-likeness (QED) is 0.720. The summed E-state index contributed by atoms with van der Waals surface area (Å²) in [4.78, 5) is 32.0. The van der Waals surface area contributed by atoms with Crippen LogP contribution in [0, 0.1) is 5.92 Å². The number of hydrogen-bond acceptors (Lipinski definition) is 4. The van der Waals surface area contributed by atoms with E-state index in [0.717, 1.165) is 50.8 Å². The van der Waals surface area contributed by atoms with E-state index >= 15 is 0 Å². The molecule has 2 aliphatic heterocycles. The first-order chi connectivity index (χ1) is 14.7. The van der Waals surface area contributed by atoms with Gasteiger partial charge in [0.1, 0.15) is 5.75 Å². The summed E-state index contributed by atoms with van der Waals surface area (Å²) < 4.78 is 5.64. The van der Waals surface area contributed by atoms with Crippen LogP contribution in [0.15, 0.2) is 30.3 Å². The highest BCUT2D eigenvalue weighted by Gasteiger charge is 2.33. The zero-order valence-electron chi connectivity index (χ0n) is 18.0. The number of carbonyl (C=O) groups is 2. The first-order valence-corrected chi connectivity index (χ1v) is 11.7. The van der Waals surface area contributed by atoms with Gasteiger partial charge in [-0.1, -0.05) is 31.0 Å². The van der Waals surface area contributed by atoms with Gasteiger partial charge in [-0.05, 0) is 37.8 Å². The lowest BCUT2D eigenvalue weighted by molar-refractivity contribution is -0.142. The minimum Gasteiger partial charge on any atom is -0.493 e. The van der Waals surface area contributed by atoms with Crippen LogP contribution in [-0.4, -0.2) is 78.4 Å². The fourth-order valence-corrected chi connectivity index (χ4v) is 5.14. The lowest BCUT2D eigenvalue weighted by Crippen LogP contribution is -2.53. The first kappa shape index (κ1) is 21.2. The van der Waals surface area contributed by atoms with Crippen molar-refractivity contribution in [2.24, 2.45) is 5.92 Å². The molecule has 1 aromatic carbocycles. The molecule has 1 aliphatic carbocycles. The second-order valence-corrected chi connectivity index (χ2v) is 8.87. The van der Waals surface area contributed by atoms with Gasteiger partial charge in [-0.3, -0.25) is 14.5 Å². The summed E-state index contributed by atoms with van der Waals surface area (Å²) in [6.07, 6.45) is 7.34. The van der Waals surface area contributed by atoms with Crippen LogP contribution < -0.4 is 4.74 Å². The highest BCUT2D eigenvalue weighted by atomic mass is 16.5. The standard InChI is InChI=1S/C24H35N3O3/c28-23(12-19-30-22-8-2-1-3-9-22)26-13-10-20(11-14-26)24(29)27-17-15-25(16-18-27)21-6-4-5-7-21/h1-3,8-9,20-21H,4-7,10-19H2. The van der Waals surface area contributed by atoms with Crippen LogP contribution in [0.2, 0.25) is 0 Å². The molecule has 0 N–H and O–H groups in total. The Balaban J connectivity index is 1.15. The number of amides is 2. The molecule has 0 radical (unpaired) electrons. The Bertz CT molecular complexity index is 689. The second kappa shape index (κ2) is 10.3. The van der Waals surface area contributed by atoms with Gasteiger partial charge in [-0.2, -0.15) is 0 Å². The molecule has 0 atom stereocenters. The molecule has 2 saturated heterocycles. The second-order valence-electron chi connectivity index (χ2n) is 8.87. The third-order valence-corrected chi connectivity index (χ3v) is 6.99. The number of benzene rings is 1. The number of hydrogen-bond donors (Lipinski definition) is 0. The van der Waals surface area contributed by atoms with E-state index in [1.54, 1.807) is 0 Å². The van der Waals surface area contributed by atoms with Crippen LogP contribution >= 0.6 is 0 Å². The van der Waals surface area contributed by atoms with Crippen LogP contribution in [0.4, 0.5) is 0 Å². The van der Waals surface area contributed by atoms with Gasteiger partial charge in [0, 0.05) is 51.2 Å². The van der Waals surface area contributed by atoms with E-state index in [4.69, 9.17) is 4.74 Å². The average Bonchev–Trinajstić information content (AvgIpc) is 3.34. The molecule has 2 amide bonds. The summed E-state index contributed by atoms with van der Waals surface area (Å²) in [5.74, 6) is 1.30. The molecule has 1 aromatic rings. The van der Waals surface area contributed by atoms with Gasteiger partial charge in [0.15, 0.2) is 0 Å². The summed E-state index contributed by atoms with van der Waals surface area (Å²) in [6.45, 7) is 5.54. The molecule has 0 unspecified atom stereocenters. The van der Waals surface area contributed by atoms with Crippen molar-refractivity contribution in [3.8, 4) is 5.75 Å². The van der Waals surface area contributed by atoms with Gasteiger partial charge in [-0.25, -0.2) is 0 Å². The number of para-hydroxylation sites is 1. The third kappa shape index (κ3) is 5.34. The van der Waals surface area contributed by atoms with Crippen molar-refractivity contribution in [2.45, 2.75) is 51.0 Å². The molecule has 4 rings (SSSR count).